The molecule has 0 fully saturated rings. The van der Waals surface area contributed by atoms with Crippen LogP contribution in [0.25, 0.3) is 10.4 Å². The van der Waals surface area contributed by atoms with Crippen molar-refractivity contribution in [3.8, 4) is 16.2 Å². The molecule has 1 amide bonds. The molecule has 3 rings (SSSR count). The highest BCUT2D eigenvalue weighted by Gasteiger charge is 2.22. The van der Waals surface area contributed by atoms with E-state index in [1.165, 1.54) is 5.38 Å². The summed E-state index contributed by atoms with van der Waals surface area (Å²) in [4.78, 5) is 24.5. The summed E-state index contributed by atoms with van der Waals surface area (Å²) in [6.07, 6.45) is 0. The van der Waals surface area contributed by atoms with E-state index in [9.17, 15) is 24.2 Å². The van der Waals surface area contributed by atoms with Crippen molar-refractivity contribution in [3.63, 3.8) is 0 Å². The second-order valence-corrected chi connectivity index (χ2v) is 7.08. The van der Waals surface area contributed by atoms with Gasteiger partial charge >= 0.3 is 5.97 Å². The van der Waals surface area contributed by atoms with Crippen LogP contribution in [0.15, 0.2) is 52.3 Å². The minimum absolute atomic E-state index is 0.0680. The van der Waals surface area contributed by atoms with Crippen LogP contribution in [-0.4, -0.2) is 22.1 Å². The number of phenols is 1. The molecule has 0 bridgehead atoms. The third kappa shape index (κ3) is 3.61. The molecule has 0 radical (unpaired) electrons. The van der Waals surface area contributed by atoms with Crippen LogP contribution in [0.5, 0.6) is 5.75 Å². The molecular formula is C18H11BrFNO4S. The van der Waals surface area contributed by atoms with Crippen molar-refractivity contribution in [1.82, 2.24) is 0 Å². The average Bonchev–Trinajstić information content (AvgIpc) is 3.01. The lowest BCUT2D eigenvalue weighted by Gasteiger charge is -2.08. The lowest BCUT2D eigenvalue weighted by Crippen LogP contribution is -2.14. The zero-order valence-electron chi connectivity index (χ0n) is 13.0. The summed E-state index contributed by atoms with van der Waals surface area (Å²) in [5.74, 6) is -3.09. The fourth-order valence-electron chi connectivity index (χ4n) is 2.36. The molecule has 0 aliphatic carbocycles. The first-order chi connectivity index (χ1) is 12.4. The summed E-state index contributed by atoms with van der Waals surface area (Å²) >= 11 is 4.48. The van der Waals surface area contributed by atoms with Crippen LogP contribution in [0.2, 0.25) is 0 Å². The molecule has 132 valence electrons. The number of aromatic hydroxyl groups is 1. The molecule has 0 aliphatic heterocycles. The Labute approximate surface area is 159 Å². The van der Waals surface area contributed by atoms with Crippen molar-refractivity contribution in [2.24, 2.45) is 0 Å². The first kappa shape index (κ1) is 18.1. The quantitative estimate of drug-likeness (QED) is 0.539. The van der Waals surface area contributed by atoms with Gasteiger partial charge in [0.25, 0.3) is 5.91 Å². The second kappa shape index (κ2) is 7.27. The van der Waals surface area contributed by atoms with Gasteiger partial charge < -0.3 is 15.5 Å². The van der Waals surface area contributed by atoms with Crippen molar-refractivity contribution in [2.45, 2.75) is 0 Å². The number of carbonyl (C=O) groups is 2. The van der Waals surface area contributed by atoms with Crippen LogP contribution < -0.4 is 5.32 Å². The number of anilines is 1. The molecule has 1 aromatic heterocycles. The van der Waals surface area contributed by atoms with Gasteiger partial charge in [-0.3, -0.25) is 4.79 Å². The van der Waals surface area contributed by atoms with Crippen molar-refractivity contribution >= 4 is 44.8 Å². The Hall–Kier alpha value is -2.71. The first-order valence-corrected chi connectivity index (χ1v) is 8.94. The molecule has 2 aromatic carbocycles. The van der Waals surface area contributed by atoms with Crippen LogP contribution in [0, 0.1) is 5.82 Å². The molecule has 0 atom stereocenters. The standard InChI is InChI=1S/C18H11BrFNO4S/c19-10-3-1-9(2-4-10)16-15(18(24)25)13(8-26-16)21-17(23)12-7-11(20)5-6-14(12)22/h1-8,22H,(H,21,23)(H,24,25). The highest BCUT2D eigenvalue weighted by atomic mass is 79.9. The Morgan fingerprint density at radius 3 is 2.46 bits per heavy atom. The van der Waals surface area contributed by atoms with E-state index in [-0.39, 0.29) is 16.8 Å². The number of thiophene rings is 1. The maximum atomic E-state index is 13.3. The third-order valence-corrected chi connectivity index (χ3v) is 5.12. The fourth-order valence-corrected chi connectivity index (χ4v) is 3.62. The lowest BCUT2D eigenvalue weighted by atomic mass is 10.1. The molecular weight excluding hydrogens is 425 g/mol. The van der Waals surface area contributed by atoms with Gasteiger partial charge in [-0.2, -0.15) is 0 Å². The van der Waals surface area contributed by atoms with Crippen molar-refractivity contribution < 1.29 is 24.2 Å². The maximum absolute atomic E-state index is 13.3. The van der Waals surface area contributed by atoms with E-state index < -0.39 is 23.4 Å². The van der Waals surface area contributed by atoms with Crippen LogP contribution in [0.4, 0.5) is 10.1 Å². The number of amides is 1. The largest absolute Gasteiger partial charge is 0.507 e. The van der Waals surface area contributed by atoms with Crippen molar-refractivity contribution in [2.75, 3.05) is 5.32 Å². The van der Waals surface area contributed by atoms with E-state index in [0.29, 0.717) is 10.4 Å². The zero-order chi connectivity index (χ0) is 18.8. The molecule has 0 saturated carbocycles. The highest BCUT2D eigenvalue weighted by molar-refractivity contribution is 9.10. The number of carbonyl (C=O) groups excluding carboxylic acids is 1. The van der Waals surface area contributed by atoms with Crippen LogP contribution in [0.1, 0.15) is 20.7 Å². The first-order valence-electron chi connectivity index (χ1n) is 7.27. The van der Waals surface area contributed by atoms with E-state index in [1.807, 2.05) is 0 Å². The van der Waals surface area contributed by atoms with Crippen LogP contribution >= 0.6 is 27.3 Å². The van der Waals surface area contributed by atoms with E-state index in [1.54, 1.807) is 24.3 Å². The number of benzene rings is 2. The molecule has 5 nitrogen and oxygen atoms in total. The second-order valence-electron chi connectivity index (χ2n) is 5.28. The number of carboxylic acids is 1. The summed E-state index contributed by atoms with van der Waals surface area (Å²) < 4.78 is 14.2. The fraction of sp³-hybridized carbons (Fsp3) is 0. The third-order valence-electron chi connectivity index (χ3n) is 3.56. The number of aromatic carboxylic acids is 1. The number of hydrogen-bond donors (Lipinski definition) is 3. The summed E-state index contributed by atoms with van der Waals surface area (Å²) in [6, 6.07) is 10.0. The molecule has 0 saturated heterocycles. The van der Waals surface area contributed by atoms with Gasteiger partial charge in [0.05, 0.1) is 16.1 Å². The molecule has 3 aromatic rings. The van der Waals surface area contributed by atoms with Gasteiger partial charge in [0.1, 0.15) is 17.1 Å². The zero-order valence-corrected chi connectivity index (χ0v) is 15.4. The van der Waals surface area contributed by atoms with Gasteiger partial charge in [0, 0.05) is 9.85 Å². The Bertz CT molecular complexity index is 1000. The minimum atomic E-state index is -1.21. The normalized spacial score (nSPS) is 10.5. The van der Waals surface area contributed by atoms with Gasteiger partial charge in [-0.25, -0.2) is 9.18 Å². The SMILES string of the molecule is O=C(Nc1csc(-c2ccc(Br)cc2)c1C(=O)O)c1cc(F)ccc1O. The van der Waals surface area contributed by atoms with Gasteiger partial charge in [-0.1, -0.05) is 28.1 Å². The van der Waals surface area contributed by atoms with Crippen molar-refractivity contribution in [3.05, 3.63) is 69.3 Å². The lowest BCUT2D eigenvalue weighted by molar-refractivity contribution is 0.0699. The Kier molecular flexibility index (Phi) is 5.06. The average molecular weight is 436 g/mol. The highest BCUT2D eigenvalue weighted by Crippen LogP contribution is 2.37. The molecule has 8 heteroatoms. The minimum Gasteiger partial charge on any atom is -0.507 e. The van der Waals surface area contributed by atoms with Gasteiger partial charge in [0.2, 0.25) is 0 Å². The van der Waals surface area contributed by atoms with Crippen LogP contribution in [-0.2, 0) is 0 Å². The predicted octanol–water partition coefficient (Wildman–Crippen LogP) is 4.97. The molecule has 26 heavy (non-hydrogen) atoms. The molecule has 1 heterocycles. The number of carboxylic acid groups (broad SMARTS) is 1. The van der Waals surface area contributed by atoms with E-state index >= 15 is 0 Å². The van der Waals surface area contributed by atoms with Gasteiger partial charge in [-0.15, -0.1) is 11.3 Å². The summed E-state index contributed by atoms with van der Waals surface area (Å²) in [6.45, 7) is 0. The van der Waals surface area contributed by atoms with Gasteiger partial charge in [0.15, 0.2) is 0 Å². The summed E-state index contributed by atoms with van der Waals surface area (Å²) in [7, 11) is 0. The topological polar surface area (TPSA) is 86.6 Å². The number of rotatable bonds is 4. The molecule has 3 N–H and O–H groups in total. The number of halogens is 2. The molecule has 0 aliphatic rings. The van der Waals surface area contributed by atoms with Gasteiger partial charge in [-0.05, 0) is 35.9 Å². The number of nitrogens with one attached hydrogen (secondary N) is 1. The molecule has 0 spiro atoms. The van der Waals surface area contributed by atoms with E-state index in [0.717, 1.165) is 34.0 Å². The van der Waals surface area contributed by atoms with E-state index in [2.05, 4.69) is 21.2 Å². The Morgan fingerprint density at radius 2 is 1.81 bits per heavy atom. The summed E-state index contributed by atoms with van der Waals surface area (Å²) in [5.41, 5.74) is 0.415. The predicted molar refractivity (Wildman–Crippen MR) is 100 cm³/mol. The summed E-state index contributed by atoms with van der Waals surface area (Å²) in [5, 5.41) is 23.2. The van der Waals surface area contributed by atoms with Crippen LogP contribution in [0.3, 0.4) is 0 Å². The van der Waals surface area contributed by atoms with E-state index in [4.69, 9.17) is 0 Å². The maximum Gasteiger partial charge on any atom is 0.339 e. The Balaban J connectivity index is 1.98. The monoisotopic (exact) mass is 435 g/mol. The number of phenolic OH excluding ortho intramolecular Hbond substituents is 1. The van der Waals surface area contributed by atoms with Crippen molar-refractivity contribution in [1.29, 1.82) is 0 Å². The molecule has 0 unspecified atom stereocenters. The Morgan fingerprint density at radius 1 is 1.12 bits per heavy atom. The smallest absolute Gasteiger partial charge is 0.339 e. The number of hydrogen-bond acceptors (Lipinski definition) is 4.